The fourth-order valence-electron chi connectivity index (χ4n) is 8.76. The number of aliphatic hydroxyl groups is 5. The quantitative estimate of drug-likeness (QED) is 0.141. The first kappa shape index (κ1) is 38.4. The zero-order valence-electron chi connectivity index (χ0n) is 29.3. The second kappa shape index (κ2) is 14.5. The molecule has 4 aliphatic rings. The fraction of sp³-hybridized carbons (Fsp3) is 0.800. The second-order valence-corrected chi connectivity index (χ2v) is 15.1. The number of aliphatic hydroxyl groups excluding tert-OH is 5. The molecule has 0 aromatic heterocycles. The summed E-state index contributed by atoms with van der Waals surface area (Å²) in [5.41, 5.74) is 0.570. The molecule has 48 heavy (non-hydrogen) atoms. The molecule has 272 valence electrons. The summed E-state index contributed by atoms with van der Waals surface area (Å²) in [6.07, 6.45) is -10.1. The van der Waals surface area contributed by atoms with E-state index in [-0.39, 0.29) is 6.42 Å². The number of carbonyl (C=O) groups is 3. The predicted molar refractivity (Wildman–Crippen MR) is 170 cm³/mol. The monoisotopic (exact) mass is 682 g/mol. The summed E-state index contributed by atoms with van der Waals surface area (Å²) in [7, 11) is 0. The number of ether oxygens (including phenoxy) is 5. The topological polar surface area (TPSA) is 199 Å². The van der Waals surface area contributed by atoms with Gasteiger partial charge in [-0.3, -0.25) is 14.4 Å². The van der Waals surface area contributed by atoms with Gasteiger partial charge in [-0.25, -0.2) is 0 Å². The van der Waals surface area contributed by atoms with Gasteiger partial charge in [-0.15, -0.1) is 0 Å². The molecule has 1 aliphatic heterocycles. The van der Waals surface area contributed by atoms with Gasteiger partial charge >= 0.3 is 17.9 Å². The Kier molecular flexibility index (Phi) is 11.6. The van der Waals surface area contributed by atoms with Crippen molar-refractivity contribution in [2.75, 3.05) is 6.61 Å². The Bertz CT molecular complexity index is 1270. The number of fused-ring (bicyclic) bond motifs is 3. The molecule has 0 unspecified atom stereocenters. The van der Waals surface area contributed by atoms with E-state index in [0.717, 1.165) is 11.1 Å². The van der Waals surface area contributed by atoms with Crippen LogP contribution in [0.2, 0.25) is 0 Å². The Morgan fingerprint density at radius 1 is 0.979 bits per heavy atom. The van der Waals surface area contributed by atoms with Crippen molar-refractivity contribution in [3.8, 4) is 0 Å². The Hall–Kier alpha value is -2.39. The van der Waals surface area contributed by atoms with Gasteiger partial charge in [0.1, 0.15) is 42.7 Å². The highest BCUT2D eigenvalue weighted by Gasteiger charge is 2.62. The Morgan fingerprint density at radius 3 is 2.17 bits per heavy atom. The van der Waals surface area contributed by atoms with E-state index in [4.69, 9.17) is 23.7 Å². The van der Waals surface area contributed by atoms with Gasteiger partial charge < -0.3 is 49.2 Å². The highest BCUT2D eigenvalue weighted by Crippen LogP contribution is 2.61. The lowest BCUT2D eigenvalue weighted by Gasteiger charge is -2.59. The molecule has 0 amide bonds. The van der Waals surface area contributed by atoms with Gasteiger partial charge in [0.2, 0.25) is 0 Å². The van der Waals surface area contributed by atoms with Crippen LogP contribution in [0.4, 0.5) is 0 Å². The van der Waals surface area contributed by atoms with E-state index in [2.05, 4.69) is 6.58 Å². The van der Waals surface area contributed by atoms with Crippen LogP contribution in [0.3, 0.4) is 0 Å². The minimum absolute atomic E-state index is 0.233. The minimum atomic E-state index is -1.65. The average molecular weight is 683 g/mol. The van der Waals surface area contributed by atoms with Gasteiger partial charge in [-0.2, -0.15) is 0 Å². The van der Waals surface area contributed by atoms with Gasteiger partial charge in [0.05, 0.1) is 24.7 Å². The summed E-state index contributed by atoms with van der Waals surface area (Å²) >= 11 is 0. The Labute approximate surface area is 282 Å². The highest BCUT2D eigenvalue weighted by atomic mass is 16.7. The molecule has 13 heteroatoms. The molecular formula is C35H54O13. The zero-order valence-corrected chi connectivity index (χ0v) is 29.3. The maximum absolute atomic E-state index is 13.4. The molecule has 14 atom stereocenters. The number of hydrogen-bond acceptors (Lipinski definition) is 13. The summed E-state index contributed by atoms with van der Waals surface area (Å²) in [5, 5.41) is 52.0. The van der Waals surface area contributed by atoms with E-state index in [0.29, 0.717) is 24.8 Å². The predicted octanol–water partition coefficient (Wildman–Crippen LogP) is 1.70. The summed E-state index contributed by atoms with van der Waals surface area (Å²) in [6.45, 7) is 17.3. The molecule has 5 N–H and O–H groups in total. The molecule has 0 aromatic rings. The van der Waals surface area contributed by atoms with Crippen molar-refractivity contribution in [3.63, 3.8) is 0 Å². The third kappa shape index (κ3) is 7.24. The molecule has 1 heterocycles. The summed E-state index contributed by atoms with van der Waals surface area (Å²) in [6, 6.07) is 0. The van der Waals surface area contributed by atoms with Crippen molar-refractivity contribution >= 4 is 17.9 Å². The standard InChI is InChI=1S/C35H54O13/c1-15-12-22(46-32(43)16(2)18(4)37)27-31(45-20(6)39)26-17(3)21(44-19(5)38)10-11-35(26,9)13-23(25(15)34(27,7)8)47-33-30(42)29(41)28(40)24(14-36)48-33/h16,18,21-24,26-31,33,36-37,40-42H,3,10-14H2,1-2,4-9H3/t16-,18+,21-,22-,23-,24+,26-,27-,28+,29-,30+,31-,33+,35-/m0/s1. The largest absolute Gasteiger partial charge is 0.461 e. The maximum atomic E-state index is 13.4. The summed E-state index contributed by atoms with van der Waals surface area (Å²) < 4.78 is 30.5. The minimum Gasteiger partial charge on any atom is -0.461 e. The zero-order chi connectivity index (χ0) is 36.0. The Balaban J connectivity index is 1.91. The smallest absolute Gasteiger partial charge is 0.311 e. The van der Waals surface area contributed by atoms with Gasteiger partial charge in [0, 0.05) is 32.1 Å². The third-order valence-electron chi connectivity index (χ3n) is 11.2. The van der Waals surface area contributed by atoms with E-state index in [1.165, 1.54) is 20.8 Å². The van der Waals surface area contributed by atoms with Crippen molar-refractivity contribution in [3.05, 3.63) is 23.3 Å². The molecule has 2 saturated carbocycles. The van der Waals surface area contributed by atoms with Crippen LogP contribution in [0.5, 0.6) is 0 Å². The van der Waals surface area contributed by atoms with Crippen LogP contribution in [0.25, 0.3) is 0 Å². The van der Waals surface area contributed by atoms with Crippen molar-refractivity contribution in [2.45, 2.75) is 142 Å². The lowest BCUT2D eigenvalue weighted by atomic mass is 9.50. The normalized spacial score (nSPS) is 40.9. The van der Waals surface area contributed by atoms with E-state index in [1.807, 2.05) is 27.7 Å². The van der Waals surface area contributed by atoms with Crippen LogP contribution in [0, 0.1) is 28.6 Å². The molecule has 1 saturated heterocycles. The van der Waals surface area contributed by atoms with Gasteiger partial charge in [-0.1, -0.05) is 32.9 Å². The van der Waals surface area contributed by atoms with Crippen molar-refractivity contribution in [1.82, 2.24) is 0 Å². The molecule has 3 aliphatic carbocycles. The van der Waals surface area contributed by atoms with Gasteiger partial charge in [-0.05, 0) is 62.0 Å². The molecule has 13 nitrogen and oxygen atoms in total. The SMILES string of the molecule is C=C1[C@@H](OC(C)=O)CC[C@@]2(C)C[C@H](O[C@@H]3O[C@H](CO)[C@@H](O)[C@H](O)[C@H]3O)C3=C(C)C[C@H](OC(=O)[C@@H](C)[C@@H](C)O)[C@@H]([C@@H](OC(C)=O)[C@H]12)C3(C)C. The number of esters is 3. The number of hydrogen-bond donors (Lipinski definition) is 5. The number of carbonyl (C=O) groups excluding carboxylic acids is 3. The summed E-state index contributed by atoms with van der Waals surface area (Å²) in [4.78, 5) is 38.4. The lowest BCUT2D eigenvalue weighted by molar-refractivity contribution is -0.312. The van der Waals surface area contributed by atoms with Crippen molar-refractivity contribution in [2.24, 2.45) is 28.6 Å². The number of rotatable bonds is 8. The van der Waals surface area contributed by atoms with E-state index in [9.17, 15) is 39.9 Å². The van der Waals surface area contributed by atoms with E-state index >= 15 is 0 Å². The van der Waals surface area contributed by atoms with E-state index < -0.39 is 114 Å². The maximum Gasteiger partial charge on any atom is 0.311 e. The van der Waals surface area contributed by atoms with Crippen LogP contribution in [-0.2, 0) is 38.1 Å². The van der Waals surface area contributed by atoms with Crippen LogP contribution in [0.15, 0.2) is 23.3 Å². The molecule has 0 radical (unpaired) electrons. The van der Waals surface area contributed by atoms with Crippen molar-refractivity contribution < 1.29 is 63.6 Å². The van der Waals surface area contributed by atoms with Crippen LogP contribution in [-0.4, -0.2) is 111 Å². The summed E-state index contributed by atoms with van der Waals surface area (Å²) in [5.74, 6) is -3.76. The first-order valence-corrected chi connectivity index (χ1v) is 16.8. The van der Waals surface area contributed by atoms with Crippen molar-refractivity contribution in [1.29, 1.82) is 0 Å². The molecule has 3 fully saturated rings. The molecule has 0 spiro atoms. The molecule has 2 bridgehead atoms. The van der Waals surface area contributed by atoms with Crippen LogP contribution < -0.4 is 0 Å². The van der Waals surface area contributed by atoms with Crippen LogP contribution in [0.1, 0.15) is 81.1 Å². The molecule has 4 rings (SSSR count). The van der Waals surface area contributed by atoms with Crippen LogP contribution >= 0.6 is 0 Å². The van der Waals surface area contributed by atoms with E-state index in [1.54, 1.807) is 6.92 Å². The van der Waals surface area contributed by atoms with Gasteiger partial charge in [0.15, 0.2) is 6.29 Å². The van der Waals surface area contributed by atoms with Gasteiger partial charge in [0.25, 0.3) is 0 Å². The molecular weight excluding hydrogens is 628 g/mol. The fourth-order valence-corrected chi connectivity index (χ4v) is 8.76. The first-order valence-electron chi connectivity index (χ1n) is 16.8. The average Bonchev–Trinajstić information content (AvgIpc) is 2.96. The highest BCUT2D eigenvalue weighted by molar-refractivity contribution is 5.73. The molecule has 0 aromatic carbocycles. The Morgan fingerprint density at radius 2 is 1.60 bits per heavy atom. The lowest BCUT2D eigenvalue weighted by Crippen LogP contribution is -2.62. The second-order valence-electron chi connectivity index (χ2n) is 15.1. The first-order chi connectivity index (χ1) is 22.2. The third-order valence-corrected chi connectivity index (χ3v) is 11.2.